The SMILES string of the molecule is [C-]#[N+]c1ccc(C2CCCN(C(=O)OC(C)(C)C)CC2)cc1.[C-]#[N+]c1ccc(C2CCCNCC2)cc1. The lowest BCUT2D eigenvalue weighted by Gasteiger charge is -2.26. The first-order valence-corrected chi connectivity index (χ1v) is 13.4. The first kappa shape index (κ1) is 28.2. The molecule has 4 rings (SSSR count). The van der Waals surface area contributed by atoms with E-state index in [9.17, 15) is 4.79 Å². The van der Waals surface area contributed by atoms with Crippen LogP contribution in [0.1, 0.15) is 82.3 Å². The van der Waals surface area contributed by atoms with Crippen molar-refractivity contribution in [2.75, 3.05) is 26.2 Å². The summed E-state index contributed by atoms with van der Waals surface area (Å²) in [5, 5.41) is 3.42. The molecule has 0 saturated carbocycles. The van der Waals surface area contributed by atoms with E-state index in [0.717, 1.165) is 51.1 Å². The van der Waals surface area contributed by atoms with Gasteiger partial charge in [0.05, 0.1) is 13.1 Å². The van der Waals surface area contributed by atoms with Gasteiger partial charge in [0.2, 0.25) is 0 Å². The number of nitrogens with zero attached hydrogens (tertiary/aromatic N) is 3. The Morgan fingerprint density at radius 2 is 1.35 bits per heavy atom. The van der Waals surface area contributed by atoms with Gasteiger partial charge in [0.25, 0.3) is 0 Å². The highest BCUT2D eigenvalue weighted by Crippen LogP contribution is 2.30. The van der Waals surface area contributed by atoms with E-state index in [1.54, 1.807) is 0 Å². The van der Waals surface area contributed by atoms with Crippen LogP contribution in [-0.4, -0.2) is 42.8 Å². The summed E-state index contributed by atoms with van der Waals surface area (Å²) < 4.78 is 5.46. The monoisotopic (exact) mass is 500 g/mol. The van der Waals surface area contributed by atoms with E-state index >= 15 is 0 Å². The number of amides is 1. The number of likely N-dealkylation sites (tertiary alicyclic amines) is 1. The van der Waals surface area contributed by atoms with Gasteiger partial charge >= 0.3 is 6.09 Å². The topological polar surface area (TPSA) is 50.3 Å². The van der Waals surface area contributed by atoms with Crippen LogP contribution in [0.25, 0.3) is 9.69 Å². The van der Waals surface area contributed by atoms with E-state index < -0.39 is 5.60 Å². The fraction of sp³-hybridized carbons (Fsp3) is 0.516. The zero-order valence-electron chi connectivity index (χ0n) is 22.5. The van der Waals surface area contributed by atoms with Crippen molar-refractivity contribution in [1.29, 1.82) is 0 Å². The lowest BCUT2D eigenvalue weighted by molar-refractivity contribution is 0.0256. The van der Waals surface area contributed by atoms with E-state index in [-0.39, 0.29) is 6.09 Å². The predicted octanol–water partition coefficient (Wildman–Crippen LogP) is 7.84. The van der Waals surface area contributed by atoms with Gasteiger partial charge < -0.3 is 15.0 Å². The minimum Gasteiger partial charge on any atom is -0.444 e. The van der Waals surface area contributed by atoms with Crippen LogP contribution in [0.3, 0.4) is 0 Å². The smallest absolute Gasteiger partial charge is 0.410 e. The van der Waals surface area contributed by atoms with Crippen molar-refractivity contribution in [3.63, 3.8) is 0 Å². The maximum atomic E-state index is 12.2. The van der Waals surface area contributed by atoms with Gasteiger partial charge in [-0.3, -0.25) is 0 Å². The number of hydrogen-bond acceptors (Lipinski definition) is 3. The Labute approximate surface area is 222 Å². The average Bonchev–Trinajstić information content (AvgIpc) is 3.32. The van der Waals surface area contributed by atoms with Crippen LogP contribution >= 0.6 is 0 Å². The highest BCUT2D eigenvalue weighted by Gasteiger charge is 2.25. The number of carbonyl (C=O) groups excluding carboxylic acids is 1. The van der Waals surface area contributed by atoms with Crippen molar-refractivity contribution in [2.24, 2.45) is 0 Å². The molecule has 1 N–H and O–H groups in total. The van der Waals surface area contributed by atoms with Gasteiger partial charge in [-0.25, -0.2) is 14.5 Å². The molecular formula is C31H40N4O2. The second-order valence-electron chi connectivity index (χ2n) is 10.9. The summed E-state index contributed by atoms with van der Waals surface area (Å²) in [4.78, 5) is 20.8. The molecule has 0 aliphatic carbocycles. The molecule has 2 aliphatic rings. The molecule has 2 heterocycles. The zero-order valence-corrected chi connectivity index (χ0v) is 22.5. The molecule has 0 aromatic heterocycles. The number of nitrogens with one attached hydrogen (secondary N) is 1. The fourth-order valence-corrected chi connectivity index (χ4v) is 4.93. The Morgan fingerprint density at radius 3 is 1.89 bits per heavy atom. The third-order valence-corrected chi connectivity index (χ3v) is 6.94. The summed E-state index contributed by atoms with van der Waals surface area (Å²) in [5.74, 6) is 1.13. The van der Waals surface area contributed by atoms with Crippen molar-refractivity contribution >= 4 is 17.5 Å². The van der Waals surface area contributed by atoms with Gasteiger partial charge in [-0.2, -0.15) is 0 Å². The van der Waals surface area contributed by atoms with Gasteiger partial charge in [-0.1, -0.05) is 48.5 Å². The van der Waals surface area contributed by atoms with Crippen LogP contribution in [0.5, 0.6) is 0 Å². The van der Waals surface area contributed by atoms with Crippen LogP contribution in [-0.2, 0) is 4.74 Å². The van der Waals surface area contributed by atoms with Crippen LogP contribution in [0, 0.1) is 13.1 Å². The summed E-state index contributed by atoms with van der Waals surface area (Å²) in [7, 11) is 0. The molecule has 196 valence electrons. The quantitative estimate of drug-likeness (QED) is 0.427. The Morgan fingerprint density at radius 1 is 0.811 bits per heavy atom. The van der Waals surface area contributed by atoms with Gasteiger partial charge in [0, 0.05) is 13.1 Å². The number of carbonyl (C=O) groups is 1. The number of rotatable bonds is 2. The van der Waals surface area contributed by atoms with Gasteiger partial charge in [-0.05, 0) is 95.3 Å². The Hall–Kier alpha value is -3.35. The molecule has 1 amide bonds. The molecule has 0 radical (unpaired) electrons. The highest BCUT2D eigenvalue weighted by atomic mass is 16.6. The maximum Gasteiger partial charge on any atom is 0.410 e. The number of benzene rings is 2. The molecule has 2 aromatic rings. The summed E-state index contributed by atoms with van der Waals surface area (Å²) in [6.45, 7) is 23.3. The summed E-state index contributed by atoms with van der Waals surface area (Å²) in [5.41, 5.74) is 3.63. The fourth-order valence-electron chi connectivity index (χ4n) is 4.93. The van der Waals surface area contributed by atoms with Crippen LogP contribution in [0.2, 0.25) is 0 Å². The normalized spacial score (nSPS) is 20.2. The predicted molar refractivity (Wildman–Crippen MR) is 149 cm³/mol. The second-order valence-corrected chi connectivity index (χ2v) is 10.9. The molecule has 2 aromatic carbocycles. The first-order chi connectivity index (χ1) is 17.8. The van der Waals surface area contributed by atoms with Crippen molar-refractivity contribution in [2.45, 2.75) is 76.7 Å². The molecule has 6 heteroatoms. The molecule has 2 unspecified atom stereocenters. The second kappa shape index (κ2) is 13.8. The molecule has 0 bridgehead atoms. The average molecular weight is 501 g/mol. The summed E-state index contributed by atoms with van der Waals surface area (Å²) >= 11 is 0. The largest absolute Gasteiger partial charge is 0.444 e. The summed E-state index contributed by atoms with van der Waals surface area (Å²) in [6, 6.07) is 15.9. The van der Waals surface area contributed by atoms with Crippen molar-refractivity contribution in [3.8, 4) is 0 Å². The minimum absolute atomic E-state index is 0.212. The standard InChI is InChI=1S/C18H24N2O2.C13H16N2/c1-18(2,3)22-17(21)20-12-5-6-14(11-13-20)15-7-9-16(19-4)10-8-15;1-14-13-6-4-12(5-7-13)11-3-2-9-15-10-8-11/h7-10,14H,5-6,11-13H2,1-3H3;4-7,11,15H,2-3,8-10H2. The van der Waals surface area contributed by atoms with Crippen LogP contribution in [0.15, 0.2) is 48.5 Å². The molecule has 0 spiro atoms. The summed E-state index contributed by atoms with van der Waals surface area (Å²) in [6.07, 6.45) is 6.52. The number of hydrogen-bond donors (Lipinski definition) is 1. The van der Waals surface area contributed by atoms with E-state index in [2.05, 4.69) is 27.1 Å². The molecule has 2 fully saturated rings. The van der Waals surface area contributed by atoms with Crippen molar-refractivity contribution in [3.05, 3.63) is 82.5 Å². The Kier molecular flexibility index (Phi) is 10.5. The molecule has 6 nitrogen and oxygen atoms in total. The highest BCUT2D eigenvalue weighted by molar-refractivity contribution is 5.68. The lowest BCUT2D eigenvalue weighted by Crippen LogP contribution is -2.37. The van der Waals surface area contributed by atoms with E-state index in [1.807, 2.05) is 62.1 Å². The Bertz CT molecular complexity index is 1070. The molecule has 2 saturated heterocycles. The molecule has 2 atom stereocenters. The molecule has 2 aliphatic heterocycles. The minimum atomic E-state index is -0.446. The third kappa shape index (κ3) is 9.23. The van der Waals surface area contributed by atoms with Crippen LogP contribution in [0.4, 0.5) is 16.2 Å². The Balaban J connectivity index is 0.000000220. The molecular weight excluding hydrogens is 460 g/mol. The lowest BCUT2D eigenvalue weighted by atomic mass is 9.92. The molecule has 37 heavy (non-hydrogen) atoms. The third-order valence-electron chi connectivity index (χ3n) is 6.94. The number of ether oxygens (including phenoxy) is 1. The van der Waals surface area contributed by atoms with E-state index in [4.69, 9.17) is 17.9 Å². The van der Waals surface area contributed by atoms with Gasteiger partial charge in [0.1, 0.15) is 5.60 Å². The van der Waals surface area contributed by atoms with Crippen molar-refractivity contribution < 1.29 is 9.53 Å². The van der Waals surface area contributed by atoms with E-state index in [0.29, 0.717) is 17.5 Å². The van der Waals surface area contributed by atoms with Gasteiger partial charge in [0.15, 0.2) is 11.4 Å². The van der Waals surface area contributed by atoms with Crippen LogP contribution < -0.4 is 5.32 Å². The maximum absolute atomic E-state index is 12.2. The van der Waals surface area contributed by atoms with Gasteiger partial charge in [-0.15, -0.1) is 0 Å². The van der Waals surface area contributed by atoms with Crippen molar-refractivity contribution in [1.82, 2.24) is 10.2 Å². The zero-order chi connectivity index (χ0) is 26.7. The van der Waals surface area contributed by atoms with E-state index in [1.165, 1.54) is 30.4 Å². The first-order valence-electron chi connectivity index (χ1n) is 13.4.